The van der Waals surface area contributed by atoms with Gasteiger partial charge in [-0.05, 0) is 12.1 Å². The maximum absolute atomic E-state index is 11.0. The van der Waals surface area contributed by atoms with E-state index < -0.39 is 17.3 Å². The molecular weight excluding hydrogens is 206 g/mol. The average Bonchev–Trinajstić information content (AvgIpc) is 2.70. The minimum Gasteiger partial charge on any atom is -0.480 e. The molecule has 0 saturated carbocycles. The molecule has 0 aliphatic carbocycles. The van der Waals surface area contributed by atoms with Gasteiger partial charge < -0.3 is 14.8 Å². The van der Waals surface area contributed by atoms with E-state index in [1.54, 1.807) is 12.1 Å². The fraction of sp³-hybridized carbons (Fsp3) is 0.250. The highest BCUT2D eigenvalue weighted by Gasteiger charge is 2.40. The van der Waals surface area contributed by atoms with Gasteiger partial charge in [-0.2, -0.15) is 0 Å². The Morgan fingerprint density at radius 2 is 2.43 bits per heavy atom. The zero-order valence-corrected chi connectivity index (χ0v) is 7.78. The van der Waals surface area contributed by atoms with Crippen LogP contribution in [0.5, 0.6) is 0 Å². The number of carboxylic acids is 1. The van der Waals surface area contributed by atoms with Crippen LogP contribution in [0.4, 0.5) is 4.79 Å². The third kappa shape index (κ3) is 1.48. The summed E-state index contributed by atoms with van der Waals surface area (Å²) in [6.07, 6.45) is 1.46. The first-order chi connectivity index (χ1) is 6.68. The second-order valence-corrected chi connectivity index (χ2v) is 3.92. The predicted octanol–water partition coefficient (Wildman–Crippen LogP) is 1.23. The van der Waals surface area contributed by atoms with Crippen LogP contribution < -0.4 is 5.32 Å². The number of furan rings is 1. The molecule has 1 aliphatic heterocycles. The molecule has 1 saturated heterocycles. The van der Waals surface area contributed by atoms with Crippen LogP contribution in [0, 0.1) is 0 Å². The van der Waals surface area contributed by atoms with Crippen molar-refractivity contribution in [1.29, 1.82) is 0 Å². The Bertz CT molecular complexity index is 361. The van der Waals surface area contributed by atoms with Crippen molar-refractivity contribution >= 4 is 23.0 Å². The van der Waals surface area contributed by atoms with Crippen molar-refractivity contribution in [1.82, 2.24) is 5.32 Å². The van der Waals surface area contributed by atoms with Crippen LogP contribution in [-0.2, 0) is 4.79 Å². The second-order valence-electron chi connectivity index (χ2n) is 2.80. The minimum atomic E-state index is -1.05. The topological polar surface area (TPSA) is 79.5 Å². The zero-order valence-electron chi connectivity index (χ0n) is 6.97. The molecule has 1 fully saturated rings. The smallest absolute Gasteiger partial charge is 0.327 e. The van der Waals surface area contributed by atoms with Crippen LogP contribution in [0.25, 0.3) is 0 Å². The molecule has 2 rings (SSSR count). The van der Waals surface area contributed by atoms with Crippen LogP contribution in [0.15, 0.2) is 22.8 Å². The molecule has 6 heteroatoms. The lowest BCUT2D eigenvalue weighted by Crippen LogP contribution is -2.35. The van der Waals surface area contributed by atoms with E-state index in [4.69, 9.17) is 9.52 Å². The number of hydrogen-bond acceptors (Lipinski definition) is 4. The van der Waals surface area contributed by atoms with E-state index in [-0.39, 0.29) is 5.24 Å². The number of hydrogen-bond donors (Lipinski definition) is 2. The van der Waals surface area contributed by atoms with Crippen molar-refractivity contribution < 1.29 is 19.1 Å². The summed E-state index contributed by atoms with van der Waals surface area (Å²) >= 11 is 0.935. The van der Waals surface area contributed by atoms with Gasteiger partial charge in [0.25, 0.3) is 5.24 Å². The number of rotatable bonds is 2. The van der Waals surface area contributed by atoms with Crippen molar-refractivity contribution in [2.75, 3.05) is 0 Å². The van der Waals surface area contributed by atoms with E-state index in [2.05, 4.69) is 5.32 Å². The van der Waals surface area contributed by atoms with E-state index >= 15 is 0 Å². The van der Waals surface area contributed by atoms with E-state index in [0.29, 0.717) is 5.76 Å². The standard InChI is InChI=1S/C8H7NO4S/c10-7(11)5-6(14-8(12)9-5)4-2-1-3-13-4/h1-3,5-6H,(H,9,12)(H,10,11). The first-order valence-corrected chi connectivity index (χ1v) is 4.80. The summed E-state index contributed by atoms with van der Waals surface area (Å²) in [4.78, 5) is 21.8. The molecule has 1 aliphatic rings. The quantitative estimate of drug-likeness (QED) is 0.772. The highest BCUT2D eigenvalue weighted by atomic mass is 32.2. The fourth-order valence-electron chi connectivity index (χ4n) is 1.29. The normalized spacial score (nSPS) is 26.1. The fourth-order valence-corrected chi connectivity index (χ4v) is 2.28. The molecule has 0 spiro atoms. The first kappa shape index (κ1) is 9.14. The molecule has 5 nitrogen and oxygen atoms in total. The zero-order chi connectivity index (χ0) is 10.1. The van der Waals surface area contributed by atoms with E-state index in [1.807, 2.05) is 0 Å². The van der Waals surface area contributed by atoms with Crippen molar-refractivity contribution in [3.05, 3.63) is 24.2 Å². The van der Waals surface area contributed by atoms with Crippen molar-refractivity contribution in [2.24, 2.45) is 0 Å². The summed E-state index contributed by atoms with van der Waals surface area (Å²) in [5.74, 6) is -0.550. The summed E-state index contributed by atoms with van der Waals surface area (Å²) in [5, 5.41) is 10.4. The highest BCUT2D eigenvalue weighted by molar-refractivity contribution is 8.14. The first-order valence-electron chi connectivity index (χ1n) is 3.92. The largest absolute Gasteiger partial charge is 0.480 e. The summed E-state index contributed by atoms with van der Waals surface area (Å²) in [7, 11) is 0. The van der Waals surface area contributed by atoms with Crippen molar-refractivity contribution in [3.63, 3.8) is 0 Å². The lowest BCUT2D eigenvalue weighted by Gasteiger charge is -2.09. The van der Waals surface area contributed by atoms with Gasteiger partial charge in [0.1, 0.15) is 17.1 Å². The van der Waals surface area contributed by atoms with Crippen LogP contribution >= 0.6 is 11.8 Å². The molecule has 1 amide bonds. The van der Waals surface area contributed by atoms with Gasteiger partial charge in [-0.3, -0.25) is 4.79 Å². The average molecular weight is 213 g/mol. The van der Waals surface area contributed by atoms with E-state index in [1.165, 1.54) is 6.26 Å². The molecule has 2 heterocycles. The molecule has 1 aromatic heterocycles. The Hall–Kier alpha value is -1.43. The SMILES string of the molecule is O=C1NC(C(=O)O)C(c2ccco2)S1. The third-order valence-electron chi connectivity index (χ3n) is 1.90. The maximum atomic E-state index is 11.0. The Kier molecular flexibility index (Phi) is 2.20. The van der Waals surface area contributed by atoms with Crippen LogP contribution in [-0.4, -0.2) is 22.4 Å². The number of carbonyl (C=O) groups is 2. The highest BCUT2D eigenvalue weighted by Crippen LogP contribution is 2.37. The Balaban J connectivity index is 2.26. The molecule has 1 aromatic rings. The van der Waals surface area contributed by atoms with Gasteiger partial charge in [-0.25, -0.2) is 4.79 Å². The van der Waals surface area contributed by atoms with Crippen LogP contribution in [0.1, 0.15) is 11.0 Å². The molecule has 0 bridgehead atoms. The van der Waals surface area contributed by atoms with Gasteiger partial charge in [0.15, 0.2) is 0 Å². The summed E-state index contributed by atoms with van der Waals surface area (Å²) in [5.41, 5.74) is 0. The van der Waals surface area contributed by atoms with Crippen molar-refractivity contribution in [3.8, 4) is 0 Å². The Morgan fingerprint density at radius 1 is 1.64 bits per heavy atom. The van der Waals surface area contributed by atoms with E-state index in [9.17, 15) is 9.59 Å². The molecule has 2 unspecified atom stereocenters. The van der Waals surface area contributed by atoms with Gasteiger partial charge in [0.05, 0.1) is 6.26 Å². The molecule has 2 atom stereocenters. The minimum absolute atomic E-state index is 0.334. The lowest BCUT2D eigenvalue weighted by molar-refractivity contribution is -0.139. The number of nitrogens with one attached hydrogen (secondary N) is 1. The van der Waals surface area contributed by atoms with Gasteiger partial charge in [-0.15, -0.1) is 0 Å². The van der Waals surface area contributed by atoms with Crippen LogP contribution in [0.2, 0.25) is 0 Å². The van der Waals surface area contributed by atoms with Gasteiger partial charge >= 0.3 is 5.97 Å². The number of thioether (sulfide) groups is 1. The maximum Gasteiger partial charge on any atom is 0.327 e. The van der Waals surface area contributed by atoms with E-state index in [0.717, 1.165) is 11.8 Å². The molecular formula is C8H7NO4S. The Morgan fingerprint density at radius 3 is 3.00 bits per heavy atom. The number of carboxylic acid groups (broad SMARTS) is 1. The van der Waals surface area contributed by atoms with Gasteiger partial charge in [0, 0.05) is 0 Å². The Labute approximate surface area is 83.5 Å². The second kappa shape index (κ2) is 3.38. The summed E-state index contributed by atoms with van der Waals surface area (Å²) < 4.78 is 5.07. The number of carbonyl (C=O) groups excluding carboxylic acids is 1. The number of aliphatic carboxylic acids is 1. The monoisotopic (exact) mass is 213 g/mol. The number of amides is 1. The third-order valence-corrected chi connectivity index (χ3v) is 2.99. The molecule has 2 N–H and O–H groups in total. The van der Waals surface area contributed by atoms with Crippen LogP contribution in [0.3, 0.4) is 0 Å². The summed E-state index contributed by atoms with van der Waals surface area (Å²) in [6.45, 7) is 0. The lowest BCUT2D eigenvalue weighted by atomic mass is 10.1. The van der Waals surface area contributed by atoms with Crippen molar-refractivity contribution in [2.45, 2.75) is 11.3 Å². The predicted molar refractivity (Wildman–Crippen MR) is 49.0 cm³/mol. The molecule has 74 valence electrons. The molecule has 0 aromatic carbocycles. The molecule has 14 heavy (non-hydrogen) atoms. The van der Waals surface area contributed by atoms with Gasteiger partial charge in [-0.1, -0.05) is 11.8 Å². The molecule has 0 radical (unpaired) electrons. The summed E-state index contributed by atoms with van der Waals surface area (Å²) in [6, 6.07) is 2.42. The van der Waals surface area contributed by atoms with Gasteiger partial charge in [0.2, 0.25) is 0 Å².